The lowest BCUT2D eigenvalue weighted by Gasteiger charge is -2.12. The van der Waals surface area contributed by atoms with Crippen LogP contribution in [-0.2, 0) is 19.1 Å². The fourth-order valence-electron chi connectivity index (χ4n) is 4.72. The fourth-order valence-corrected chi connectivity index (χ4v) is 4.72. The van der Waals surface area contributed by atoms with Gasteiger partial charge in [0.05, 0.1) is 6.10 Å². The molecule has 0 spiro atoms. The van der Waals surface area contributed by atoms with Gasteiger partial charge in [-0.05, 0) is 44.9 Å². The Morgan fingerprint density at radius 2 is 1.04 bits per heavy atom. The highest BCUT2D eigenvalue weighted by atomic mass is 16.6. The van der Waals surface area contributed by atoms with Crippen LogP contribution in [0.15, 0.2) is 72.9 Å². The third kappa shape index (κ3) is 36.0. The van der Waals surface area contributed by atoms with Crippen LogP contribution in [0.5, 0.6) is 0 Å². The molecule has 0 aliphatic rings. The molecule has 0 aliphatic heterocycles. The van der Waals surface area contributed by atoms with Crippen molar-refractivity contribution < 1.29 is 29.3 Å². The molecule has 0 fully saturated rings. The van der Waals surface area contributed by atoms with Crippen LogP contribution in [0.4, 0.5) is 0 Å². The molecular weight excluding hydrogens is 588 g/mol. The summed E-state index contributed by atoms with van der Waals surface area (Å²) in [5.41, 5.74) is 0. The zero-order valence-corrected chi connectivity index (χ0v) is 29.9. The monoisotopic (exact) mass is 657 g/mol. The molecule has 6 heteroatoms. The lowest BCUT2D eigenvalue weighted by atomic mass is 10.0. The Morgan fingerprint density at radius 1 is 0.553 bits per heavy atom. The van der Waals surface area contributed by atoms with E-state index in [9.17, 15) is 19.8 Å². The van der Waals surface area contributed by atoms with Crippen molar-refractivity contribution in [2.45, 2.75) is 161 Å². The first-order valence-corrected chi connectivity index (χ1v) is 18.6. The number of carbonyl (C=O) groups is 2. The van der Waals surface area contributed by atoms with Gasteiger partial charge in [0, 0.05) is 12.8 Å². The van der Waals surface area contributed by atoms with E-state index in [1.807, 2.05) is 30.4 Å². The van der Waals surface area contributed by atoms with Crippen LogP contribution in [0.1, 0.15) is 149 Å². The molecule has 2 atom stereocenters. The van der Waals surface area contributed by atoms with E-state index in [1.165, 1.54) is 64.2 Å². The molecule has 0 aromatic carbocycles. The second-order valence-electron chi connectivity index (χ2n) is 12.2. The van der Waals surface area contributed by atoms with Crippen molar-refractivity contribution in [2.24, 2.45) is 0 Å². The molecule has 1 unspecified atom stereocenters. The van der Waals surface area contributed by atoms with E-state index in [1.54, 1.807) is 6.08 Å². The summed E-state index contributed by atoms with van der Waals surface area (Å²) < 4.78 is 10.2. The van der Waals surface area contributed by atoms with Gasteiger partial charge in [0.1, 0.15) is 19.3 Å². The zero-order valence-electron chi connectivity index (χ0n) is 29.9. The van der Waals surface area contributed by atoms with Crippen LogP contribution in [0.25, 0.3) is 0 Å². The number of aliphatic hydroxyl groups is 2. The normalized spacial score (nSPS) is 13.7. The number of hydrogen-bond donors (Lipinski definition) is 2. The molecule has 0 saturated carbocycles. The Labute approximate surface area is 287 Å². The Bertz CT molecular complexity index is 898. The maximum absolute atomic E-state index is 11.9. The molecule has 0 bridgehead atoms. The summed E-state index contributed by atoms with van der Waals surface area (Å²) in [5, 5.41) is 20.0. The van der Waals surface area contributed by atoms with Crippen molar-refractivity contribution in [3.8, 4) is 0 Å². The van der Waals surface area contributed by atoms with Crippen LogP contribution in [0.2, 0.25) is 0 Å². The first-order valence-electron chi connectivity index (χ1n) is 18.6. The molecule has 0 heterocycles. The molecule has 0 aliphatic carbocycles. The number of ether oxygens (including phenoxy) is 2. The number of hydrogen-bond acceptors (Lipinski definition) is 6. The third-order valence-electron chi connectivity index (χ3n) is 7.55. The fraction of sp³-hybridized carbons (Fsp3) is 0.659. The molecule has 0 amide bonds. The summed E-state index contributed by atoms with van der Waals surface area (Å²) in [7, 11) is 0. The predicted molar refractivity (Wildman–Crippen MR) is 197 cm³/mol. The molecule has 47 heavy (non-hydrogen) atoms. The average Bonchev–Trinajstić information content (AvgIpc) is 3.06. The minimum Gasteiger partial charge on any atom is -0.463 e. The minimum absolute atomic E-state index is 0.170. The Hall–Kier alpha value is -2.70. The molecule has 6 nitrogen and oxygen atoms in total. The SMILES string of the molecule is CC/C=C\C/C=C\C/C=C\C/C=C\C=C/C(O)C/C=C\CCC(=O)OC[C@@H](O)COC(=O)CCCCCCCCCCCCCCC. The van der Waals surface area contributed by atoms with Crippen LogP contribution >= 0.6 is 0 Å². The first kappa shape index (κ1) is 44.3. The number of rotatable bonds is 32. The van der Waals surface area contributed by atoms with Crippen LogP contribution in [0, 0.1) is 0 Å². The van der Waals surface area contributed by atoms with E-state index >= 15 is 0 Å². The van der Waals surface area contributed by atoms with Crippen molar-refractivity contribution in [1.29, 1.82) is 0 Å². The van der Waals surface area contributed by atoms with E-state index in [0.29, 0.717) is 19.3 Å². The molecule has 0 aromatic heterocycles. The van der Waals surface area contributed by atoms with Gasteiger partial charge in [-0.1, -0.05) is 164 Å². The summed E-state index contributed by atoms with van der Waals surface area (Å²) in [4.78, 5) is 23.9. The number of esters is 2. The van der Waals surface area contributed by atoms with Crippen LogP contribution in [-0.4, -0.2) is 47.6 Å². The number of allylic oxidation sites excluding steroid dienone is 10. The quantitative estimate of drug-likeness (QED) is 0.0324. The summed E-state index contributed by atoms with van der Waals surface area (Å²) in [5.74, 6) is -0.745. The molecule has 0 radical (unpaired) electrons. The second kappa shape index (κ2) is 36.1. The smallest absolute Gasteiger partial charge is 0.306 e. The highest BCUT2D eigenvalue weighted by Crippen LogP contribution is 2.13. The number of unbranched alkanes of at least 4 members (excludes halogenated alkanes) is 12. The third-order valence-corrected chi connectivity index (χ3v) is 7.55. The summed E-state index contributed by atoms with van der Waals surface area (Å²) in [6.07, 6.45) is 44.1. The number of aliphatic hydroxyl groups excluding tert-OH is 2. The second-order valence-corrected chi connectivity index (χ2v) is 12.2. The molecule has 0 aromatic rings. The Morgan fingerprint density at radius 3 is 1.60 bits per heavy atom. The zero-order chi connectivity index (χ0) is 34.5. The number of carbonyl (C=O) groups excluding carboxylic acids is 2. The van der Waals surface area contributed by atoms with Crippen LogP contribution in [0.3, 0.4) is 0 Å². The van der Waals surface area contributed by atoms with Gasteiger partial charge in [0.25, 0.3) is 0 Å². The van der Waals surface area contributed by atoms with E-state index in [-0.39, 0.29) is 25.6 Å². The molecular formula is C41H68O6. The molecule has 268 valence electrons. The first-order chi connectivity index (χ1) is 23.0. The highest BCUT2D eigenvalue weighted by molar-refractivity contribution is 5.70. The maximum Gasteiger partial charge on any atom is 0.306 e. The molecule has 0 saturated heterocycles. The van der Waals surface area contributed by atoms with Gasteiger partial charge in [-0.2, -0.15) is 0 Å². The van der Waals surface area contributed by atoms with Gasteiger partial charge in [-0.25, -0.2) is 0 Å². The summed E-state index contributed by atoms with van der Waals surface area (Å²) in [6, 6.07) is 0. The largest absolute Gasteiger partial charge is 0.463 e. The minimum atomic E-state index is -1.03. The van der Waals surface area contributed by atoms with Gasteiger partial charge >= 0.3 is 11.9 Å². The predicted octanol–water partition coefficient (Wildman–Crippen LogP) is 10.4. The highest BCUT2D eigenvalue weighted by Gasteiger charge is 2.11. The van der Waals surface area contributed by atoms with Crippen molar-refractivity contribution in [1.82, 2.24) is 0 Å². The average molecular weight is 657 g/mol. The molecule has 0 rings (SSSR count). The maximum atomic E-state index is 11.9. The van der Waals surface area contributed by atoms with Gasteiger partial charge in [0.2, 0.25) is 0 Å². The summed E-state index contributed by atoms with van der Waals surface area (Å²) >= 11 is 0. The topological polar surface area (TPSA) is 93.1 Å². The van der Waals surface area contributed by atoms with Crippen molar-refractivity contribution >= 4 is 11.9 Å². The van der Waals surface area contributed by atoms with Crippen molar-refractivity contribution in [3.63, 3.8) is 0 Å². The van der Waals surface area contributed by atoms with E-state index in [0.717, 1.165) is 44.9 Å². The van der Waals surface area contributed by atoms with E-state index in [2.05, 4.69) is 50.3 Å². The van der Waals surface area contributed by atoms with Crippen LogP contribution < -0.4 is 0 Å². The summed E-state index contributed by atoms with van der Waals surface area (Å²) in [6.45, 7) is 4.02. The van der Waals surface area contributed by atoms with Gasteiger partial charge in [-0.3, -0.25) is 9.59 Å². The standard InChI is InChI=1S/C41H68O6/c1-3-5-7-9-11-13-15-17-19-21-23-25-28-32-38(42)33-29-27-31-35-41(45)47-37-39(43)36-46-40(44)34-30-26-24-22-20-18-16-14-12-10-8-6-4-2/h5,7,11,13,17,19,23,25,27-29,32,38-39,42-43H,3-4,6,8-10,12,14-16,18,20-22,24,26,30-31,33-37H2,1-2H3/b7-5-,13-11-,19-17-,25-23-,29-27-,32-28-/t38?,39-/m0/s1. The molecule has 2 N–H and O–H groups in total. The Balaban J connectivity index is 3.70. The van der Waals surface area contributed by atoms with Gasteiger partial charge in [-0.15, -0.1) is 0 Å². The Kier molecular flexibility index (Phi) is 34.1. The van der Waals surface area contributed by atoms with Gasteiger partial charge < -0.3 is 19.7 Å². The van der Waals surface area contributed by atoms with E-state index in [4.69, 9.17) is 9.47 Å². The van der Waals surface area contributed by atoms with Crippen molar-refractivity contribution in [2.75, 3.05) is 13.2 Å². The van der Waals surface area contributed by atoms with Gasteiger partial charge in [0.15, 0.2) is 0 Å². The lowest BCUT2D eigenvalue weighted by Crippen LogP contribution is -2.25. The lowest BCUT2D eigenvalue weighted by molar-refractivity contribution is -0.152. The van der Waals surface area contributed by atoms with E-state index < -0.39 is 18.2 Å². The van der Waals surface area contributed by atoms with Crippen molar-refractivity contribution in [3.05, 3.63) is 72.9 Å².